The zero-order valence-corrected chi connectivity index (χ0v) is 8.48. The van der Waals surface area contributed by atoms with Crippen LogP contribution in [0.25, 0.3) is 0 Å². The first-order chi connectivity index (χ1) is 5.41. The van der Waals surface area contributed by atoms with Crippen LogP contribution in [0, 0.1) is 5.41 Å². The number of β-amino-alcohol motifs (C(OH)–C–C–N with tert-alkyl or cyclic N) is 1. The van der Waals surface area contributed by atoms with Crippen LogP contribution in [0.5, 0.6) is 0 Å². The Kier molecular flexibility index (Phi) is 2.79. The fourth-order valence-electron chi connectivity index (χ4n) is 2.09. The third-order valence-corrected chi connectivity index (χ3v) is 2.31. The quantitative estimate of drug-likeness (QED) is 0.627. The average Bonchev–Trinajstić information content (AvgIpc) is 1.83. The van der Waals surface area contributed by atoms with Gasteiger partial charge >= 0.3 is 0 Å². The second-order valence-corrected chi connectivity index (χ2v) is 5.24. The fraction of sp³-hybridized carbons (Fsp3) is 1.00. The Morgan fingerprint density at radius 2 is 2.08 bits per heavy atom. The Balaban J connectivity index is 2.47. The van der Waals surface area contributed by atoms with Crippen molar-refractivity contribution in [1.82, 2.24) is 5.32 Å². The Morgan fingerprint density at radius 3 is 2.50 bits per heavy atom. The van der Waals surface area contributed by atoms with Crippen LogP contribution in [0.1, 0.15) is 40.0 Å². The van der Waals surface area contributed by atoms with Crippen molar-refractivity contribution in [2.75, 3.05) is 13.1 Å². The highest BCUT2D eigenvalue weighted by molar-refractivity contribution is 4.88. The fourth-order valence-corrected chi connectivity index (χ4v) is 2.09. The predicted octanol–water partition coefficient (Wildman–Crippen LogP) is 1.54. The Morgan fingerprint density at radius 1 is 1.42 bits per heavy atom. The highest BCUT2D eigenvalue weighted by Crippen LogP contribution is 2.31. The lowest BCUT2D eigenvalue weighted by molar-refractivity contribution is -0.0177. The highest BCUT2D eigenvalue weighted by Gasteiger charge is 2.33. The largest absolute Gasteiger partial charge is 0.389 e. The molecule has 1 saturated heterocycles. The molecule has 0 spiro atoms. The summed E-state index contributed by atoms with van der Waals surface area (Å²) in [7, 11) is 0. The van der Waals surface area contributed by atoms with Gasteiger partial charge in [-0.2, -0.15) is 0 Å². The van der Waals surface area contributed by atoms with E-state index >= 15 is 0 Å². The Labute approximate surface area is 75.4 Å². The SMILES string of the molecule is CC(C)(C)CC1(O)CCCNC1. The second kappa shape index (κ2) is 3.35. The van der Waals surface area contributed by atoms with E-state index in [0.29, 0.717) is 0 Å². The summed E-state index contributed by atoms with van der Waals surface area (Å²) in [6, 6.07) is 0. The lowest BCUT2D eigenvalue weighted by atomic mass is 9.78. The Hall–Kier alpha value is -0.0800. The topological polar surface area (TPSA) is 32.3 Å². The molecular weight excluding hydrogens is 150 g/mol. The van der Waals surface area contributed by atoms with Crippen LogP contribution in [-0.4, -0.2) is 23.8 Å². The minimum absolute atomic E-state index is 0.230. The molecule has 72 valence electrons. The summed E-state index contributed by atoms with van der Waals surface area (Å²) >= 11 is 0. The van der Waals surface area contributed by atoms with Gasteiger partial charge in [-0.3, -0.25) is 0 Å². The van der Waals surface area contributed by atoms with Crippen LogP contribution in [0.15, 0.2) is 0 Å². The van der Waals surface area contributed by atoms with Crippen LogP contribution in [0.3, 0.4) is 0 Å². The molecule has 0 aromatic carbocycles. The van der Waals surface area contributed by atoms with Crippen LogP contribution in [0.4, 0.5) is 0 Å². The van der Waals surface area contributed by atoms with Gasteiger partial charge in [-0.15, -0.1) is 0 Å². The Bertz CT molecular complexity index is 142. The predicted molar refractivity (Wildman–Crippen MR) is 51.1 cm³/mol. The smallest absolute Gasteiger partial charge is 0.0777 e. The van der Waals surface area contributed by atoms with E-state index in [4.69, 9.17) is 0 Å². The molecule has 2 N–H and O–H groups in total. The maximum Gasteiger partial charge on any atom is 0.0777 e. The lowest BCUT2D eigenvalue weighted by Gasteiger charge is -2.37. The highest BCUT2D eigenvalue weighted by atomic mass is 16.3. The first-order valence-corrected chi connectivity index (χ1v) is 4.84. The van der Waals surface area contributed by atoms with E-state index in [0.717, 1.165) is 32.4 Å². The summed E-state index contributed by atoms with van der Waals surface area (Å²) in [6.07, 6.45) is 2.96. The minimum atomic E-state index is -0.448. The molecular formula is C10H21NO. The van der Waals surface area contributed by atoms with Crippen molar-refractivity contribution in [3.05, 3.63) is 0 Å². The second-order valence-electron chi connectivity index (χ2n) is 5.24. The standard InChI is InChI=1S/C10H21NO/c1-9(2,3)7-10(12)5-4-6-11-8-10/h11-12H,4-8H2,1-3H3. The summed E-state index contributed by atoms with van der Waals surface area (Å²) in [5, 5.41) is 13.4. The molecule has 0 aliphatic carbocycles. The molecule has 0 aromatic heterocycles. The van der Waals surface area contributed by atoms with Crippen LogP contribution in [-0.2, 0) is 0 Å². The zero-order valence-electron chi connectivity index (χ0n) is 8.48. The molecule has 1 rings (SSSR count). The molecule has 0 amide bonds. The number of hydrogen-bond donors (Lipinski definition) is 2. The molecule has 0 bridgehead atoms. The summed E-state index contributed by atoms with van der Waals surface area (Å²) < 4.78 is 0. The summed E-state index contributed by atoms with van der Waals surface area (Å²) in [5.74, 6) is 0. The molecule has 1 aliphatic rings. The first-order valence-electron chi connectivity index (χ1n) is 4.84. The summed E-state index contributed by atoms with van der Waals surface area (Å²) in [6.45, 7) is 8.37. The van der Waals surface area contributed by atoms with Gasteiger partial charge in [-0.1, -0.05) is 20.8 Å². The van der Waals surface area contributed by atoms with Gasteiger partial charge in [-0.25, -0.2) is 0 Å². The lowest BCUT2D eigenvalue weighted by Crippen LogP contribution is -2.47. The van der Waals surface area contributed by atoms with Gasteiger partial charge in [0.05, 0.1) is 5.60 Å². The molecule has 1 fully saturated rings. The number of hydrogen-bond acceptors (Lipinski definition) is 2. The maximum absolute atomic E-state index is 10.1. The molecule has 2 nitrogen and oxygen atoms in total. The van der Waals surface area contributed by atoms with Crippen LogP contribution in [0.2, 0.25) is 0 Å². The van der Waals surface area contributed by atoms with Crippen molar-refractivity contribution in [3.8, 4) is 0 Å². The van der Waals surface area contributed by atoms with Crippen molar-refractivity contribution in [3.63, 3.8) is 0 Å². The molecule has 1 aliphatic heterocycles. The van der Waals surface area contributed by atoms with Crippen molar-refractivity contribution in [2.24, 2.45) is 5.41 Å². The number of piperidine rings is 1. The van der Waals surface area contributed by atoms with Gasteiger partial charge < -0.3 is 10.4 Å². The van der Waals surface area contributed by atoms with E-state index < -0.39 is 5.60 Å². The van der Waals surface area contributed by atoms with Crippen molar-refractivity contribution < 1.29 is 5.11 Å². The van der Waals surface area contributed by atoms with Gasteiger partial charge in [-0.05, 0) is 31.2 Å². The molecule has 1 unspecified atom stereocenters. The van der Waals surface area contributed by atoms with E-state index in [1.54, 1.807) is 0 Å². The van der Waals surface area contributed by atoms with Gasteiger partial charge in [0.25, 0.3) is 0 Å². The summed E-state index contributed by atoms with van der Waals surface area (Å²) in [4.78, 5) is 0. The number of rotatable bonds is 1. The monoisotopic (exact) mass is 171 g/mol. The normalized spacial score (nSPS) is 32.0. The minimum Gasteiger partial charge on any atom is -0.389 e. The number of nitrogens with one attached hydrogen (secondary N) is 1. The van der Waals surface area contributed by atoms with E-state index in [-0.39, 0.29) is 5.41 Å². The van der Waals surface area contributed by atoms with Crippen molar-refractivity contribution in [2.45, 2.75) is 45.6 Å². The molecule has 0 aromatic rings. The third-order valence-electron chi connectivity index (χ3n) is 2.31. The first kappa shape index (κ1) is 10.0. The maximum atomic E-state index is 10.1. The molecule has 1 atom stereocenters. The van der Waals surface area contributed by atoms with Crippen LogP contribution < -0.4 is 5.32 Å². The van der Waals surface area contributed by atoms with Crippen molar-refractivity contribution >= 4 is 0 Å². The van der Waals surface area contributed by atoms with Gasteiger partial charge in [0, 0.05) is 6.54 Å². The van der Waals surface area contributed by atoms with Crippen LogP contribution >= 0.6 is 0 Å². The number of aliphatic hydroxyl groups is 1. The van der Waals surface area contributed by atoms with E-state index in [2.05, 4.69) is 26.1 Å². The molecule has 1 heterocycles. The van der Waals surface area contributed by atoms with Crippen molar-refractivity contribution in [1.29, 1.82) is 0 Å². The zero-order chi connectivity index (χ0) is 9.24. The molecule has 12 heavy (non-hydrogen) atoms. The molecule has 0 saturated carbocycles. The van der Waals surface area contributed by atoms with E-state index in [9.17, 15) is 5.11 Å². The van der Waals surface area contributed by atoms with Gasteiger partial charge in [0.1, 0.15) is 0 Å². The average molecular weight is 171 g/mol. The molecule has 0 radical (unpaired) electrons. The van der Waals surface area contributed by atoms with Gasteiger partial charge in [0.15, 0.2) is 0 Å². The summed E-state index contributed by atoms with van der Waals surface area (Å²) in [5.41, 5.74) is -0.218. The van der Waals surface area contributed by atoms with E-state index in [1.165, 1.54) is 0 Å². The van der Waals surface area contributed by atoms with Gasteiger partial charge in [0.2, 0.25) is 0 Å². The van der Waals surface area contributed by atoms with E-state index in [1.807, 2.05) is 0 Å². The molecule has 2 heteroatoms. The third kappa shape index (κ3) is 3.11.